The topological polar surface area (TPSA) is 104 Å². The molecule has 3 amide bonds. The normalized spacial score (nSPS) is 14.9. The quantitative estimate of drug-likeness (QED) is 0.420. The molecule has 1 heterocycles. The van der Waals surface area contributed by atoms with E-state index in [1.807, 2.05) is 31.2 Å². The Balaban J connectivity index is 1.68. The first-order valence-corrected chi connectivity index (χ1v) is 13.9. The highest BCUT2D eigenvalue weighted by molar-refractivity contribution is 9.10. The number of fused-ring (bicyclic) bond motifs is 1. The van der Waals surface area contributed by atoms with Gasteiger partial charge in [-0.15, -0.1) is 0 Å². The molecule has 1 aliphatic rings. The highest BCUT2D eigenvalue weighted by Gasteiger charge is 2.40. The summed E-state index contributed by atoms with van der Waals surface area (Å²) >= 11 is 3.39. The van der Waals surface area contributed by atoms with E-state index in [0.29, 0.717) is 6.54 Å². The van der Waals surface area contributed by atoms with Crippen LogP contribution < -0.4 is 5.32 Å². The molecule has 0 saturated heterocycles. The van der Waals surface area contributed by atoms with Crippen molar-refractivity contribution in [2.45, 2.75) is 57.0 Å². The largest absolute Gasteiger partial charge is 0.354 e. The van der Waals surface area contributed by atoms with E-state index < -0.39 is 22.0 Å². The number of unbranched alkanes of at least 4 members (excludes halogenated alkanes) is 1. The molecule has 0 saturated carbocycles. The summed E-state index contributed by atoms with van der Waals surface area (Å²) in [5.74, 6) is -1.10. The number of rotatable bonds is 11. The SMILES string of the molecule is CCCCNC(=O)[C@H](C)N(Cc1ccc(Br)cc1)C(=O)CCCN1C(=O)c2ccccc2S1(=O)=O. The van der Waals surface area contributed by atoms with E-state index in [1.54, 1.807) is 19.1 Å². The molecule has 2 aromatic rings. The first kappa shape index (κ1) is 26.9. The first-order chi connectivity index (χ1) is 16.7. The van der Waals surface area contributed by atoms with Crippen molar-refractivity contribution in [2.24, 2.45) is 0 Å². The van der Waals surface area contributed by atoms with Crippen molar-refractivity contribution < 1.29 is 22.8 Å². The maximum Gasteiger partial charge on any atom is 0.269 e. The molecule has 3 rings (SSSR count). The predicted octanol–water partition coefficient (Wildman–Crippen LogP) is 3.71. The van der Waals surface area contributed by atoms with Gasteiger partial charge in [0, 0.05) is 30.5 Å². The molecule has 0 aromatic heterocycles. The van der Waals surface area contributed by atoms with Gasteiger partial charge in [-0.3, -0.25) is 14.4 Å². The zero-order chi connectivity index (χ0) is 25.6. The Morgan fingerprint density at radius 2 is 1.77 bits per heavy atom. The Labute approximate surface area is 214 Å². The lowest BCUT2D eigenvalue weighted by atomic mass is 10.1. The minimum Gasteiger partial charge on any atom is -0.354 e. The minimum absolute atomic E-state index is 0.00124. The number of halogens is 1. The zero-order valence-corrected chi connectivity index (χ0v) is 22.3. The monoisotopic (exact) mass is 563 g/mol. The van der Waals surface area contributed by atoms with Gasteiger partial charge in [-0.2, -0.15) is 0 Å². The van der Waals surface area contributed by atoms with Crippen LogP contribution in [0.3, 0.4) is 0 Å². The number of carbonyl (C=O) groups excluding carboxylic acids is 3. The Hall–Kier alpha value is -2.72. The number of hydrogen-bond acceptors (Lipinski definition) is 5. The van der Waals surface area contributed by atoms with Gasteiger partial charge in [0.1, 0.15) is 10.9 Å². The van der Waals surface area contributed by atoms with Gasteiger partial charge in [0.25, 0.3) is 15.9 Å². The van der Waals surface area contributed by atoms with Crippen molar-refractivity contribution in [1.82, 2.24) is 14.5 Å². The van der Waals surface area contributed by atoms with E-state index in [9.17, 15) is 22.8 Å². The van der Waals surface area contributed by atoms with Crippen LogP contribution in [0, 0.1) is 0 Å². The summed E-state index contributed by atoms with van der Waals surface area (Å²) in [5.41, 5.74) is 1.01. The van der Waals surface area contributed by atoms with Crippen molar-refractivity contribution in [3.8, 4) is 0 Å². The Bertz CT molecular complexity index is 1180. The van der Waals surface area contributed by atoms with Crippen molar-refractivity contribution in [3.63, 3.8) is 0 Å². The van der Waals surface area contributed by atoms with Crippen LogP contribution in [0.25, 0.3) is 0 Å². The third-order valence-corrected chi connectivity index (χ3v) is 8.30. The van der Waals surface area contributed by atoms with Crippen LogP contribution in [0.4, 0.5) is 0 Å². The molecular formula is C25H30BrN3O5S. The second-order valence-corrected chi connectivity index (χ2v) is 11.2. The molecule has 35 heavy (non-hydrogen) atoms. The van der Waals surface area contributed by atoms with Crippen molar-refractivity contribution in [2.75, 3.05) is 13.1 Å². The summed E-state index contributed by atoms with van der Waals surface area (Å²) in [6.45, 7) is 4.38. The van der Waals surface area contributed by atoms with Crippen LogP contribution in [0.1, 0.15) is 55.5 Å². The number of sulfonamides is 1. The van der Waals surface area contributed by atoms with Crippen LogP contribution in [0.15, 0.2) is 57.9 Å². The lowest BCUT2D eigenvalue weighted by Crippen LogP contribution is -2.47. The number of nitrogens with one attached hydrogen (secondary N) is 1. The number of carbonyl (C=O) groups is 3. The smallest absolute Gasteiger partial charge is 0.269 e. The van der Waals surface area contributed by atoms with Gasteiger partial charge < -0.3 is 10.2 Å². The van der Waals surface area contributed by atoms with Gasteiger partial charge in [0.15, 0.2) is 0 Å². The molecule has 0 aliphatic carbocycles. The van der Waals surface area contributed by atoms with E-state index in [-0.39, 0.29) is 48.2 Å². The summed E-state index contributed by atoms with van der Waals surface area (Å²) in [7, 11) is -3.92. The fraction of sp³-hybridized carbons (Fsp3) is 0.400. The molecule has 8 nitrogen and oxygen atoms in total. The van der Waals surface area contributed by atoms with E-state index >= 15 is 0 Å². The van der Waals surface area contributed by atoms with Gasteiger partial charge >= 0.3 is 0 Å². The van der Waals surface area contributed by atoms with Crippen molar-refractivity contribution >= 4 is 43.7 Å². The Kier molecular flexibility index (Phi) is 9.07. The van der Waals surface area contributed by atoms with Crippen LogP contribution in [-0.4, -0.2) is 54.5 Å². The molecule has 2 aromatic carbocycles. The average molecular weight is 565 g/mol. The average Bonchev–Trinajstić information content (AvgIpc) is 3.04. The van der Waals surface area contributed by atoms with Crippen molar-refractivity contribution in [1.29, 1.82) is 0 Å². The third-order valence-electron chi connectivity index (χ3n) is 5.93. The summed E-state index contributed by atoms with van der Waals surface area (Å²) in [5, 5.41) is 2.87. The van der Waals surface area contributed by atoms with E-state index in [2.05, 4.69) is 21.2 Å². The Morgan fingerprint density at radius 1 is 1.09 bits per heavy atom. The number of hydrogen-bond donors (Lipinski definition) is 1. The van der Waals surface area contributed by atoms with E-state index in [4.69, 9.17) is 0 Å². The maximum atomic E-state index is 13.2. The highest BCUT2D eigenvalue weighted by Crippen LogP contribution is 2.30. The predicted molar refractivity (Wildman–Crippen MR) is 136 cm³/mol. The molecule has 188 valence electrons. The van der Waals surface area contributed by atoms with Gasteiger partial charge in [0.05, 0.1) is 5.56 Å². The fourth-order valence-electron chi connectivity index (χ4n) is 3.87. The molecule has 1 N–H and O–H groups in total. The molecule has 0 unspecified atom stereocenters. The molecule has 10 heteroatoms. The van der Waals surface area contributed by atoms with E-state index in [1.165, 1.54) is 17.0 Å². The number of amides is 3. The summed E-state index contributed by atoms with van der Waals surface area (Å²) in [4.78, 5) is 40.0. The Morgan fingerprint density at radius 3 is 2.43 bits per heavy atom. The summed E-state index contributed by atoms with van der Waals surface area (Å²) in [6.07, 6.45) is 1.94. The third kappa shape index (κ3) is 6.29. The van der Waals surface area contributed by atoms with Crippen LogP contribution >= 0.6 is 15.9 Å². The van der Waals surface area contributed by atoms with Crippen molar-refractivity contribution in [3.05, 3.63) is 64.1 Å². The second-order valence-electron chi connectivity index (χ2n) is 8.45. The molecule has 0 bridgehead atoms. The molecular weight excluding hydrogens is 534 g/mol. The molecule has 0 fully saturated rings. The van der Waals surface area contributed by atoms with Crippen LogP contribution in [-0.2, 0) is 26.2 Å². The fourth-order valence-corrected chi connectivity index (χ4v) is 5.75. The number of benzene rings is 2. The minimum atomic E-state index is -3.92. The summed E-state index contributed by atoms with van der Waals surface area (Å²) in [6, 6.07) is 12.9. The van der Waals surface area contributed by atoms with Gasteiger partial charge in [-0.25, -0.2) is 12.7 Å². The van der Waals surface area contributed by atoms with Gasteiger partial charge in [-0.1, -0.05) is 53.5 Å². The van der Waals surface area contributed by atoms with E-state index in [0.717, 1.165) is 27.2 Å². The highest BCUT2D eigenvalue weighted by atomic mass is 79.9. The lowest BCUT2D eigenvalue weighted by molar-refractivity contribution is -0.140. The number of nitrogens with zero attached hydrogens (tertiary/aromatic N) is 2. The summed E-state index contributed by atoms with van der Waals surface area (Å²) < 4.78 is 27.2. The lowest BCUT2D eigenvalue weighted by Gasteiger charge is -2.29. The molecule has 0 radical (unpaired) electrons. The molecule has 1 atom stereocenters. The van der Waals surface area contributed by atoms with Crippen LogP contribution in [0.5, 0.6) is 0 Å². The molecule has 0 spiro atoms. The first-order valence-electron chi connectivity index (χ1n) is 11.6. The zero-order valence-electron chi connectivity index (χ0n) is 19.9. The maximum absolute atomic E-state index is 13.2. The van der Waals surface area contributed by atoms with Gasteiger partial charge in [0.2, 0.25) is 11.8 Å². The van der Waals surface area contributed by atoms with Gasteiger partial charge in [-0.05, 0) is 49.6 Å². The second kappa shape index (κ2) is 11.8. The standard InChI is InChI=1S/C25H30BrN3O5S/c1-3-4-15-27-24(31)18(2)28(17-19-11-13-20(26)14-12-19)23(30)10-7-16-29-25(32)21-8-5-6-9-22(21)35(29,33)34/h5-6,8-9,11-14,18H,3-4,7,10,15-17H2,1-2H3,(H,27,31)/t18-/m0/s1. The van der Waals surface area contributed by atoms with Crippen LogP contribution in [0.2, 0.25) is 0 Å². The molecule has 1 aliphatic heterocycles.